The molecule has 0 saturated carbocycles. The Balaban J connectivity index is 1.23. The lowest BCUT2D eigenvalue weighted by atomic mass is 9.33. The number of nitrogens with zero attached hydrogens (tertiary/aromatic N) is 4. The second-order valence-electron chi connectivity index (χ2n) is 27.0. The highest BCUT2D eigenvalue weighted by Gasteiger charge is 2.44. The first kappa shape index (κ1) is 49.8. The Labute approximate surface area is 452 Å². The second-order valence-corrected chi connectivity index (χ2v) is 27.0. The van der Waals surface area contributed by atoms with Crippen LogP contribution in [0.3, 0.4) is 0 Å². The van der Waals surface area contributed by atoms with Crippen LogP contribution in [0.1, 0.15) is 156 Å². The van der Waals surface area contributed by atoms with Gasteiger partial charge in [0.05, 0.1) is 22.2 Å². The molecule has 0 saturated heterocycles. The largest absolute Gasteiger partial charge is 0.311 e. The van der Waals surface area contributed by atoms with Gasteiger partial charge in [0.25, 0.3) is 6.71 Å². The van der Waals surface area contributed by atoms with Crippen LogP contribution >= 0.6 is 0 Å². The molecular weight excluding hydrogens is 920 g/mol. The van der Waals surface area contributed by atoms with E-state index in [0.29, 0.717) is 11.8 Å². The highest BCUT2D eigenvalue weighted by Crippen LogP contribution is 2.47. The fraction of sp³-hybridized carbons (Fsp3) is 0.310. The summed E-state index contributed by atoms with van der Waals surface area (Å²) in [7, 11) is 0. The van der Waals surface area contributed by atoms with Crippen LogP contribution in [0, 0.1) is 0 Å². The predicted octanol–water partition coefficient (Wildman–Crippen LogP) is 17.5. The molecule has 0 bridgehead atoms. The van der Waals surface area contributed by atoms with Gasteiger partial charge in [-0.15, -0.1) is 0 Å². The van der Waals surface area contributed by atoms with Crippen molar-refractivity contribution >= 4 is 73.0 Å². The lowest BCUT2D eigenvalue weighted by Crippen LogP contribution is -2.60. The van der Waals surface area contributed by atoms with Gasteiger partial charge in [-0.1, -0.05) is 202 Å². The maximum Gasteiger partial charge on any atom is 0.252 e. The summed E-state index contributed by atoms with van der Waals surface area (Å²) in [5.74, 6) is 1.57. The third-order valence-electron chi connectivity index (χ3n) is 16.9. The number of para-hydroxylation sites is 1. The number of imidazole rings is 1. The molecule has 0 aliphatic carbocycles. The van der Waals surface area contributed by atoms with E-state index in [1.54, 1.807) is 0 Å². The summed E-state index contributed by atoms with van der Waals surface area (Å²) in [6.45, 7) is 37.4. The van der Waals surface area contributed by atoms with Crippen molar-refractivity contribution in [1.29, 1.82) is 0 Å². The highest BCUT2D eigenvalue weighted by molar-refractivity contribution is 7.00. The number of hydrogen-bond acceptors (Lipinski definition) is 2. The van der Waals surface area contributed by atoms with Gasteiger partial charge in [-0.25, -0.2) is 4.98 Å². The summed E-state index contributed by atoms with van der Waals surface area (Å²) in [5.41, 5.74) is 26.2. The van der Waals surface area contributed by atoms with Crippen molar-refractivity contribution in [3.05, 3.63) is 185 Å². The molecule has 0 atom stereocenters. The number of fused-ring (bicyclic) bond motifs is 8. The lowest BCUT2D eigenvalue weighted by molar-refractivity contribution is 0.590. The average Bonchev–Trinajstić information content (AvgIpc) is 3.92. The van der Waals surface area contributed by atoms with Crippen LogP contribution in [0.25, 0.3) is 66.7 Å². The van der Waals surface area contributed by atoms with Crippen LogP contribution in [0.4, 0.5) is 17.1 Å². The molecule has 2 aliphatic heterocycles. The summed E-state index contributed by atoms with van der Waals surface area (Å²) in [4.78, 5) is 8.11. The van der Waals surface area contributed by atoms with Crippen LogP contribution in [-0.4, -0.2) is 20.8 Å². The van der Waals surface area contributed by atoms with E-state index in [2.05, 4.69) is 276 Å². The SMILES string of the molecule is CC(C)c1cccc(C(C)C)c1-n1c(-c2ccccc2)nc2ccc(-c3cc4c5c(c3)-n3c6ccc(C(C)(C)C)cc6c6cc(C(C)(C)C)cc(c63)B5c3cc(C(C)(C)C)ccc3N4c3ccc(C(C)(C)C)cc3)cc21. The van der Waals surface area contributed by atoms with E-state index in [4.69, 9.17) is 4.98 Å². The minimum Gasteiger partial charge on any atom is -0.311 e. The van der Waals surface area contributed by atoms with E-state index >= 15 is 0 Å². The van der Waals surface area contributed by atoms with Gasteiger partial charge >= 0.3 is 0 Å². The lowest BCUT2D eigenvalue weighted by Gasteiger charge is -2.41. The molecule has 8 aromatic carbocycles. The summed E-state index contributed by atoms with van der Waals surface area (Å²) < 4.78 is 5.14. The normalized spacial score (nSPS) is 13.7. The molecular formula is C71H75BN4. The van der Waals surface area contributed by atoms with Gasteiger partial charge in [0.15, 0.2) is 0 Å². The average molecular weight is 995 g/mol. The summed E-state index contributed by atoms with van der Waals surface area (Å²) in [6.07, 6.45) is 0. The maximum absolute atomic E-state index is 5.52. The third kappa shape index (κ3) is 7.89. The van der Waals surface area contributed by atoms with Crippen molar-refractivity contribution in [2.75, 3.05) is 4.90 Å². The second kappa shape index (κ2) is 17.2. The molecule has 0 fully saturated rings. The standard InChI is InChI=1S/C71H75BN4/c1-42(2)52-23-20-24-53(43(3)4)65(52)76-61-35-45(25-32-58(61)73-67(76)44-21-18-17-19-22-44)46-36-62-64-63(37-46)75-59-33-28-48(69(8,9)10)38-54(59)55-39-50(71(14,15)16)41-57(66(55)75)72(64)56-40-49(70(11,12)13)29-34-60(56)74(62)51-30-26-47(27-31-51)68(5,6)7/h17-43H,1-16H3. The Morgan fingerprint density at radius 1 is 0.421 bits per heavy atom. The first-order valence-corrected chi connectivity index (χ1v) is 28.0. The minimum absolute atomic E-state index is 0.00974. The zero-order chi connectivity index (χ0) is 53.7. The van der Waals surface area contributed by atoms with E-state index in [0.717, 1.165) is 33.7 Å². The molecule has 12 rings (SSSR count). The maximum atomic E-state index is 5.52. The van der Waals surface area contributed by atoms with Crippen LogP contribution in [-0.2, 0) is 21.7 Å². The van der Waals surface area contributed by atoms with Gasteiger partial charge in [-0.3, -0.25) is 4.57 Å². The molecule has 2 aliphatic rings. The van der Waals surface area contributed by atoms with Crippen LogP contribution in [0.2, 0.25) is 0 Å². The summed E-state index contributed by atoms with van der Waals surface area (Å²) in [5, 5.41) is 2.65. The Kier molecular flexibility index (Phi) is 11.3. The number of anilines is 3. The van der Waals surface area contributed by atoms with Crippen molar-refractivity contribution in [1.82, 2.24) is 14.1 Å². The molecule has 0 spiro atoms. The van der Waals surface area contributed by atoms with Crippen LogP contribution < -0.4 is 21.3 Å². The van der Waals surface area contributed by atoms with Crippen molar-refractivity contribution < 1.29 is 0 Å². The Bertz CT molecular complexity index is 3940. The van der Waals surface area contributed by atoms with E-state index < -0.39 is 0 Å². The molecule has 76 heavy (non-hydrogen) atoms. The Morgan fingerprint density at radius 3 is 1.63 bits per heavy atom. The van der Waals surface area contributed by atoms with Crippen molar-refractivity contribution in [2.45, 2.75) is 144 Å². The van der Waals surface area contributed by atoms with Crippen molar-refractivity contribution in [2.24, 2.45) is 0 Å². The van der Waals surface area contributed by atoms with Crippen molar-refractivity contribution in [3.63, 3.8) is 0 Å². The van der Waals surface area contributed by atoms with Gasteiger partial charge in [0.1, 0.15) is 5.82 Å². The number of aromatic nitrogens is 3. The third-order valence-corrected chi connectivity index (χ3v) is 16.9. The topological polar surface area (TPSA) is 26.0 Å². The van der Waals surface area contributed by atoms with Gasteiger partial charge in [-0.05, 0) is 155 Å². The fourth-order valence-corrected chi connectivity index (χ4v) is 12.5. The minimum atomic E-state index is -0.0730. The highest BCUT2D eigenvalue weighted by atomic mass is 15.2. The number of hydrogen-bond donors (Lipinski definition) is 0. The van der Waals surface area contributed by atoms with Crippen molar-refractivity contribution in [3.8, 4) is 33.9 Å². The molecule has 0 unspecified atom stereocenters. The molecule has 382 valence electrons. The summed E-state index contributed by atoms with van der Waals surface area (Å²) in [6, 6.07) is 58.9. The van der Waals surface area contributed by atoms with E-state index in [-0.39, 0.29) is 28.4 Å². The molecule has 4 heterocycles. The smallest absolute Gasteiger partial charge is 0.252 e. The van der Waals surface area contributed by atoms with Crippen LogP contribution in [0.5, 0.6) is 0 Å². The van der Waals surface area contributed by atoms with Gasteiger partial charge in [-0.2, -0.15) is 0 Å². The van der Waals surface area contributed by atoms with Gasteiger partial charge in [0, 0.05) is 44.6 Å². The first-order chi connectivity index (χ1) is 35.9. The molecule has 4 nitrogen and oxygen atoms in total. The van der Waals surface area contributed by atoms with Gasteiger partial charge in [0.2, 0.25) is 0 Å². The number of rotatable bonds is 6. The number of benzene rings is 8. The monoisotopic (exact) mass is 995 g/mol. The molecule has 2 aromatic heterocycles. The van der Waals surface area contributed by atoms with Gasteiger partial charge < -0.3 is 9.47 Å². The van der Waals surface area contributed by atoms with E-state index in [1.165, 1.54) is 99.9 Å². The van der Waals surface area contributed by atoms with Crippen LogP contribution in [0.15, 0.2) is 152 Å². The molecule has 0 radical (unpaired) electrons. The fourth-order valence-electron chi connectivity index (χ4n) is 12.5. The predicted molar refractivity (Wildman–Crippen MR) is 329 cm³/mol. The Hall–Kier alpha value is -7.11. The first-order valence-electron chi connectivity index (χ1n) is 28.0. The quantitative estimate of drug-likeness (QED) is 0.155. The molecule has 0 N–H and O–H groups in total. The Morgan fingerprint density at radius 2 is 1.00 bits per heavy atom. The van der Waals surface area contributed by atoms with E-state index in [9.17, 15) is 0 Å². The molecule has 0 amide bonds. The molecule has 10 aromatic rings. The molecule has 5 heteroatoms. The zero-order valence-electron chi connectivity index (χ0n) is 48.0. The summed E-state index contributed by atoms with van der Waals surface area (Å²) >= 11 is 0. The zero-order valence-corrected chi connectivity index (χ0v) is 48.0. The van der Waals surface area contributed by atoms with E-state index in [1.807, 2.05) is 0 Å².